The Morgan fingerprint density at radius 2 is 1.77 bits per heavy atom. The summed E-state index contributed by atoms with van der Waals surface area (Å²) in [5.74, 6) is 1.71. The van der Waals surface area contributed by atoms with Crippen molar-refractivity contribution in [1.82, 2.24) is 35.3 Å². The highest BCUT2D eigenvalue weighted by Gasteiger charge is 2.26. The van der Waals surface area contributed by atoms with Gasteiger partial charge in [0.2, 0.25) is 11.8 Å². The third-order valence-corrected chi connectivity index (χ3v) is 7.08. The Morgan fingerprint density at radius 1 is 0.925 bits per heavy atom. The van der Waals surface area contributed by atoms with Gasteiger partial charge in [-0.1, -0.05) is 54.1 Å². The Morgan fingerprint density at radius 3 is 2.58 bits per heavy atom. The van der Waals surface area contributed by atoms with E-state index < -0.39 is 0 Å². The van der Waals surface area contributed by atoms with Crippen molar-refractivity contribution < 1.29 is 9.53 Å². The number of carbonyl (C=O) groups is 1. The number of aromatic nitrogens is 6. The fourth-order valence-corrected chi connectivity index (χ4v) is 4.88. The molecule has 1 fully saturated rings. The number of nitrogens with one attached hydrogen (secondary N) is 1. The van der Waals surface area contributed by atoms with Crippen LogP contribution in [0.15, 0.2) is 78.9 Å². The Balaban J connectivity index is 1.01. The number of piperidine rings is 1. The number of fused-ring (bicyclic) bond motifs is 1. The summed E-state index contributed by atoms with van der Waals surface area (Å²) in [6.07, 6.45) is 1.73. The third kappa shape index (κ3) is 5.72. The molecule has 4 heterocycles. The Labute approximate surface area is 236 Å². The first-order valence-corrected chi connectivity index (χ1v) is 13.5. The van der Waals surface area contributed by atoms with E-state index in [4.69, 9.17) is 16.3 Å². The van der Waals surface area contributed by atoms with Crippen molar-refractivity contribution in [2.45, 2.75) is 12.8 Å². The Hall–Kier alpha value is -4.57. The zero-order chi connectivity index (χ0) is 27.3. The highest BCUT2D eigenvalue weighted by molar-refractivity contribution is 6.30. The lowest BCUT2D eigenvalue weighted by Gasteiger charge is -2.32. The smallest absolute Gasteiger partial charge is 0.231 e. The normalized spacial score (nSPS) is 15.2. The largest absolute Gasteiger partial charge is 0.475 e. The first-order chi connectivity index (χ1) is 19.6. The Kier molecular flexibility index (Phi) is 7.49. The van der Waals surface area contributed by atoms with Crippen molar-refractivity contribution >= 4 is 29.0 Å². The summed E-state index contributed by atoms with van der Waals surface area (Å²) in [5.41, 5.74) is 3.28. The number of halogens is 1. The molecule has 40 heavy (non-hydrogen) atoms. The van der Waals surface area contributed by atoms with E-state index in [2.05, 4.69) is 35.7 Å². The monoisotopic (exact) mass is 554 g/mol. The van der Waals surface area contributed by atoms with Crippen LogP contribution in [-0.2, 0) is 4.79 Å². The number of hydrogen-bond donors (Lipinski definition) is 1. The molecular formula is C29H27ClN8O2. The van der Waals surface area contributed by atoms with Crippen molar-refractivity contribution in [3.8, 4) is 28.5 Å². The maximum Gasteiger partial charge on any atom is 0.231 e. The number of hydrogen-bond acceptors (Lipinski definition) is 8. The third-order valence-electron chi connectivity index (χ3n) is 6.83. The molecule has 10 nitrogen and oxygen atoms in total. The van der Waals surface area contributed by atoms with Gasteiger partial charge < -0.3 is 15.0 Å². The predicted molar refractivity (Wildman–Crippen MR) is 152 cm³/mol. The van der Waals surface area contributed by atoms with Crippen molar-refractivity contribution in [2.75, 3.05) is 31.1 Å². The number of anilines is 1. The van der Waals surface area contributed by atoms with Gasteiger partial charge in [-0.05, 0) is 43.2 Å². The van der Waals surface area contributed by atoms with Crippen molar-refractivity contribution in [3.63, 3.8) is 0 Å². The van der Waals surface area contributed by atoms with Crippen LogP contribution in [0.25, 0.3) is 28.3 Å². The highest BCUT2D eigenvalue weighted by Crippen LogP contribution is 2.24. The summed E-state index contributed by atoms with van der Waals surface area (Å²) < 4.78 is 7.48. The molecule has 1 saturated heterocycles. The van der Waals surface area contributed by atoms with Gasteiger partial charge in [0.25, 0.3) is 0 Å². The van der Waals surface area contributed by atoms with E-state index in [-0.39, 0.29) is 11.8 Å². The molecule has 202 valence electrons. The molecule has 5 aromatic rings. The van der Waals surface area contributed by atoms with Crippen LogP contribution < -0.4 is 15.0 Å². The van der Waals surface area contributed by atoms with E-state index in [1.165, 1.54) is 0 Å². The first-order valence-electron chi connectivity index (χ1n) is 13.2. The average Bonchev–Trinajstić information content (AvgIpc) is 3.44. The zero-order valence-electron chi connectivity index (χ0n) is 21.7. The molecule has 11 heteroatoms. The lowest BCUT2D eigenvalue weighted by Crippen LogP contribution is -2.44. The molecule has 2 aromatic carbocycles. The molecular weight excluding hydrogens is 528 g/mol. The summed E-state index contributed by atoms with van der Waals surface area (Å²) in [5, 5.41) is 25.4. The second-order valence-corrected chi connectivity index (χ2v) is 9.98. The molecule has 1 N–H and O–H groups in total. The van der Waals surface area contributed by atoms with Gasteiger partial charge in [0.05, 0.1) is 18.2 Å². The molecule has 1 atom stereocenters. The maximum atomic E-state index is 12.9. The quantitative estimate of drug-likeness (QED) is 0.282. The second-order valence-electron chi connectivity index (χ2n) is 9.54. The number of benzene rings is 2. The van der Waals surface area contributed by atoms with Gasteiger partial charge in [0.1, 0.15) is 6.61 Å². The van der Waals surface area contributed by atoms with Gasteiger partial charge in [0, 0.05) is 35.3 Å². The van der Waals surface area contributed by atoms with Gasteiger partial charge >= 0.3 is 0 Å². The fourth-order valence-electron chi connectivity index (χ4n) is 4.76. The molecule has 0 aliphatic carbocycles. The molecule has 1 aliphatic heterocycles. The van der Waals surface area contributed by atoms with E-state index in [0.29, 0.717) is 42.1 Å². The number of ether oxygens (including phenoxy) is 1. The summed E-state index contributed by atoms with van der Waals surface area (Å²) in [7, 11) is 0. The van der Waals surface area contributed by atoms with E-state index in [0.717, 1.165) is 42.0 Å². The number of carbonyl (C=O) groups excluding carboxylic acids is 1. The minimum Gasteiger partial charge on any atom is -0.475 e. The van der Waals surface area contributed by atoms with Crippen molar-refractivity contribution in [3.05, 3.63) is 83.9 Å². The van der Waals surface area contributed by atoms with Crippen LogP contribution in [-0.4, -0.2) is 62.2 Å². The van der Waals surface area contributed by atoms with E-state index >= 15 is 0 Å². The van der Waals surface area contributed by atoms with E-state index in [1.807, 2.05) is 72.8 Å². The molecule has 0 saturated carbocycles. The van der Waals surface area contributed by atoms with Crippen LogP contribution in [0.4, 0.5) is 5.82 Å². The Bertz CT molecular complexity index is 1590. The lowest BCUT2D eigenvalue weighted by atomic mass is 9.97. The molecule has 0 radical (unpaired) electrons. The van der Waals surface area contributed by atoms with Crippen molar-refractivity contribution in [1.29, 1.82) is 0 Å². The van der Waals surface area contributed by atoms with E-state index in [9.17, 15) is 4.79 Å². The van der Waals surface area contributed by atoms with Crippen molar-refractivity contribution in [2.24, 2.45) is 5.92 Å². The minimum atomic E-state index is -0.133. The van der Waals surface area contributed by atoms with Gasteiger partial charge in [0.15, 0.2) is 17.3 Å². The second kappa shape index (κ2) is 11.7. The van der Waals surface area contributed by atoms with Crippen LogP contribution >= 0.6 is 11.6 Å². The minimum absolute atomic E-state index is 0.00706. The molecule has 1 unspecified atom stereocenters. The van der Waals surface area contributed by atoms with Crippen LogP contribution in [0.5, 0.6) is 5.88 Å². The topological polar surface area (TPSA) is 110 Å². The number of nitrogens with zero attached hydrogens (tertiary/aromatic N) is 7. The van der Waals surface area contributed by atoms with E-state index in [1.54, 1.807) is 10.6 Å². The molecule has 1 aliphatic rings. The van der Waals surface area contributed by atoms with Gasteiger partial charge in [-0.2, -0.15) is 4.52 Å². The van der Waals surface area contributed by atoms with Gasteiger partial charge in [-0.15, -0.1) is 25.5 Å². The summed E-state index contributed by atoms with van der Waals surface area (Å²) in [4.78, 5) is 15.0. The molecule has 0 bridgehead atoms. The first kappa shape index (κ1) is 25.7. The lowest BCUT2D eigenvalue weighted by molar-refractivity contribution is -0.125. The predicted octanol–water partition coefficient (Wildman–Crippen LogP) is 4.31. The molecule has 0 spiro atoms. The highest BCUT2D eigenvalue weighted by atomic mass is 35.5. The van der Waals surface area contributed by atoms with Crippen LogP contribution in [0.3, 0.4) is 0 Å². The summed E-state index contributed by atoms with van der Waals surface area (Å²) in [6.45, 7) is 2.10. The molecule has 1 amide bonds. The van der Waals surface area contributed by atoms with Gasteiger partial charge in [-0.25, -0.2) is 0 Å². The number of amides is 1. The van der Waals surface area contributed by atoms with Crippen LogP contribution in [0.2, 0.25) is 5.02 Å². The zero-order valence-corrected chi connectivity index (χ0v) is 22.4. The standard InChI is InChI=1S/C29H27ClN8O2/c30-23-10-8-20(9-11-23)24-12-13-25(33-32-24)37-17-4-7-22(19-37)29(39)31-16-18-40-27-15-14-26-34-35-28(38(26)36-27)21-5-2-1-3-6-21/h1-3,5-6,8-15,22H,4,7,16-19H2,(H,31,39). The SMILES string of the molecule is O=C(NCCOc1ccc2nnc(-c3ccccc3)n2n1)C1CCCN(c2ccc(-c3ccc(Cl)cc3)nn2)C1. The fraction of sp³-hybridized carbons (Fsp3) is 0.241. The molecule has 6 rings (SSSR count). The summed E-state index contributed by atoms with van der Waals surface area (Å²) in [6, 6.07) is 24.7. The van der Waals surface area contributed by atoms with Crippen LogP contribution in [0.1, 0.15) is 12.8 Å². The van der Waals surface area contributed by atoms with Crippen LogP contribution in [0, 0.1) is 5.92 Å². The van der Waals surface area contributed by atoms with Gasteiger partial charge in [-0.3, -0.25) is 4.79 Å². The maximum absolute atomic E-state index is 12.9. The average molecular weight is 555 g/mol. The summed E-state index contributed by atoms with van der Waals surface area (Å²) >= 11 is 5.98. The number of rotatable bonds is 8. The molecule has 3 aromatic heterocycles.